The second-order valence-electron chi connectivity index (χ2n) is 9.17. The fourth-order valence-corrected chi connectivity index (χ4v) is 4.98. The van der Waals surface area contributed by atoms with Crippen molar-refractivity contribution in [1.29, 1.82) is 0 Å². The predicted molar refractivity (Wildman–Crippen MR) is 137 cm³/mol. The van der Waals surface area contributed by atoms with Crippen molar-refractivity contribution < 1.29 is 14.1 Å². The third kappa shape index (κ3) is 6.10. The summed E-state index contributed by atoms with van der Waals surface area (Å²) in [6.07, 6.45) is 4.70. The van der Waals surface area contributed by atoms with Gasteiger partial charge in [-0.15, -0.1) is 0 Å². The van der Waals surface area contributed by atoms with E-state index in [2.05, 4.69) is 15.8 Å². The van der Waals surface area contributed by atoms with Crippen LogP contribution in [-0.2, 0) is 11.2 Å². The van der Waals surface area contributed by atoms with Crippen LogP contribution in [-0.4, -0.2) is 30.1 Å². The number of anilines is 1. The van der Waals surface area contributed by atoms with Gasteiger partial charge in [0.15, 0.2) is 0 Å². The highest BCUT2D eigenvalue weighted by molar-refractivity contribution is 6.33. The monoisotopic (exact) mass is 494 g/mol. The van der Waals surface area contributed by atoms with Gasteiger partial charge in [0.2, 0.25) is 5.91 Å². The van der Waals surface area contributed by atoms with E-state index in [1.807, 2.05) is 30.3 Å². The molecule has 0 radical (unpaired) electrons. The van der Waals surface area contributed by atoms with E-state index in [9.17, 15) is 9.59 Å². The van der Waals surface area contributed by atoms with Crippen molar-refractivity contribution in [2.45, 2.75) is 39.0 Å². The summed E-state index contributed by atoms with van der Waals surface area (Å²) in [6, 6.07) is 14.5. The molecule has 4 rings (SSSR count). The number of nitrogens with one attached hydrogen (secondary N) is 2. The largest absolute Gasteiger partial charge is 0.360 e. The molecule has 0 bridgehead atoms. The molecular weight excluding hydrogens is 464 g/mol. The first-order valence-electron chi connectivity index (χ1n) is 12.0. The molecule has 1 fully saturated rings. The summed E-state index contributed by atoms with van der Waals surface area (Å²) in [5.41, 5.74) is 8.44. The van der Waals surface area contributed by atoms with E-state index in [1.165, 1.54) is 6.42 Å². The summed E-state index contributed by atoms with van der Waals surface area (Å²) < 4.78 is 5.32. The Morgan fingerprint density at radius 1 is 1.11 bits per heavy atom. The SMILES string of the molecule is Cc1onc(-c2ccccc2Cl)c1C(=O)Nc1ccccc1CC(=O)NCC1CCCC(CN)C1. The summed E-state index contributed by atoms with van der Waals surface area (Å²) in [4.78, 5) is 26.0. The van der Waals surface area contributed by atoms with Crippen molar-refractivity contribution in [3.63, 3.8) is 0 Å². The number of aromatic nitrogens is 1. The van der Waals surface area contributed by atoms with E-state index in [4.69, 9.17) is 21.9 Å². The van der Waals surface area contributed by atoms with Crippen molar-refractivity contribution in [3.8, 4) is 11.3 Å². The molecule has 7 nitrogen and oxygen atoms in total. The van der Waals surface area contributed by atoms with Gasteiger partial charge >= 0.3 is 0 Å². The number of para-hydroxylation sites is 1. The van der Waals surface area contributed by atoms with Crippen LogP contribution in [0.4, 0.5) is 5.69 Å². The third-order valence-corrected chi connectivity index (χ3v) is 6.98. The molecule has 2 unspecified atom stereocenters. The van der Waals surface area contributed by atoms with Crippen LogP contribution in [0.25, 0.3) is 11.3 Å². The van der Waals surface area contributed by atoms with Crippen LogP contribution >= 0.6 is 11.6 Å². The lowest BCUT2D eigenvalue weighted by Crippen LogP contribution is -2.34. The zero-order valence-electron chi connectivity index (χ0n) is 19.9. The van der Waals surface area contributed by atoms with Crippen LogP contribution in [0.15, 0.2) is 53.1 Å². The van der Waals surface area contributed by atoms with E-state index in [1.54, 1.807) is 25.1 Å². The summed E-state index contributed by atoms with van der Waals surface area (Å²) >= 11 is 6.33. The number of aryl methyl sites for hydroxylation is 1. The van der Waals surface area contributed by atoms with Gasteiger partial charge in [0.1, 0.15) is 17.0 Å². The first kappa shape index (κ1) is 24.9. The van der Waals surface area contributed by atoms with E-state index in [-0.39, 0.29) is 18.2 Å². The van der Waals surface area contributed by atoms with Crippen LogP contribution in [0, 0.1) is 18.8 Å². The number of hydrogen-bond donors (Lipinski definition) is 3. The lowest BCUT2D eigenvalue weighted by Gasteiger charge is -2.28. The number of rotatable bonds is 8. The summed E-state index contributed by atoms with van der Waals surface area (Å²) in [6.45, 7) is 3.05. The number of carbonyl (C=O) groups is 2. The van der Waals surface area contributed by atoms with Gasteiger partial charge in [0, 0.05) is 17.8 Å². The fourth-order valence-electron chi connectivity index (χ4n) is 4.75. The van der Waals surface area contributed by atoms with E-state index >= 15 is 0 Å². The molecule has 0 spiro atoms. The Morgan fingerprint density at radius 2 is 1.86 bits per heavy atom. The lowest BCUT2D eigenvalue weighted by atomic mass is 9.81. The predicted octanol–water partition coefficient (Wildman–Crippen LogP) is 4.98. The second-order valence-corrected chi connectivity index (χ2v) is 9.58. The van der Waals surface area contributed by atoms with Crippen LogP contribution in [0.1, 0.15) is 47.4 Å². The van der Waals surface area contributed by atoms with E-state index < -0.39 is 0 Å². The number of halogens is 1. The molecule has 2 amide bonds. The lowest BCUT2D eigenvalue weighted by molar-refractivity contribution is -0.120. The molecule has 0 saturated heterocycles. The molecule has 1 heterocycles. The van der Waals surface area contributed by atoms with Crippen molar-refractivity contribution in [3.05, 3.63) is 70.4 Å². The van der Waals surface area contributed by atoms with Crippen LogP contribution in [0.2, 0.25) is 5.02 Å². The van der Waals surface area contributed by atoms with Gasteiger partial charge < -0.3 is 20.9 Å². The fraction of sp³-hybridized carbons (Fsp3) is 0.370. The highest BCUT2D eigenvalue weighted by Gasteiger charge is 2.24. The van der Waals surface area contributed by atoms with Gasteiger partial charge in [-0.3, -0.25) is 9.59 Å². The molecule has 4 N–H and O–H groups in total. The molecule has 3 aromatic rings. The number of hydrogen-bond acceptors (Lipinski definition) is 5. The average molecular weight is 495 g/mol. The first-order valence-corrected chi connectivity index (χ1v) is 12.4. The Hall–Kier alpha value is -3.16. The average Bonchev–Trinajstić information content (AvgIpc) is 3.25. The molecule has 184 valence electrons. The molecule has 1 aromatic heterocycles. The Morgan fingerprint density at radius 3 is 2.66 bits per heavy atom. The van der Waals surface area contributed by atoms with Gasteiger partial charge in [0.05, 0.1) is 11.4 Å². The van der Waals surface area contributed by atoms with Gasteiger partial charge in [-0.1, -0.05) is 59.6 Å². The number of nitrogens with two attached hydrogens (primary N) is 1. The Balaban J connectivity index is 1.44. The molecule has 1 aliphatic carbocycles. The maximum absolute atomic E-state index is 13.3. The van der Waals surface area contributed by atoms with Crippen LogP contribution < -0.4 is 16.4 Å². The number of carbonyl (C=O) groups excluding carboxylic acids is 2. The molecule has 2 atom stereocenters. The molecule has 35 heavy (non-hydrogen) atoms. The maximum atomic E-state index is 13.3. The second kappa shape index (κ2) is 11.5. The minimum Gasteiger partial charge on any atom is -0.360 e. The molecule has 2 aromatic carbocycles. The zero-order chi connectivity index (χ0) is 24.8. The van der Waals surface area contributed by atoms with Crippen molar-refractivity contribution in [2.24, 2.45) is 17.6 Å². The Bertz CT molecular complexity index is 1190. The Kier molecular flexibility index (Phi) is 8.21. The summed E-state index contributed by atoms with van der Waals surface area (Å²) in [7, 11) is 0. The smallest absolute Gasteiger partial charge is 0.261 e. The number of benzene rings is 2. The number of amides is 2. The van der Waals surface area contributed by atoms with Crippen LogP contribution in [0.5, 0.6) is 0 Å². The summed E-state index contributed by atoms with van der Waals surface area (Å²) in [5.74, 6) is 0.964. The van der Waals surface area contributed by atoms with E-state index in [0.29, 0.717) is 58.2 Å². The van der Waals surface area contributed by atoms with Crippen molar-refractivity contribution in [1.82, 2.24) is 10.5 Å². The van der Waals surface area contributed by atoms with Gasteiger partial charge in [-0.2, -0.15) is 0 Å². The molecule has 8 heteroatoms. The highest BCUT2D eigenvalue weighted by Crippen LogP contribution is 2.32. The van der Waals surface area contributed by atoms with Gasteiger partial charge in [0.25, 0.3) is 5.91 Å². The quantitative estimate of drug-likeness (QED) is 0.409. The van der Waals surface area contributed by atoms with E-state index in [0.717, 1.165) is 24.8 Å². The minimum absolute atomic E-state index is 0.0699. The Labute approximate surface area is 210 Å². The zero-order valence-corrected chi connectivity index (χ0v) is 20.6. The molecular formula is C27H31ClN4O3. The van der Waals surface area contributed by atoms with Gasteiger partial charge in [-0.05, 0) is 62.3 Å². The molecule has 1 saturated carbocycles. The normalized spacial score (nSPS) is 17.7. The minimum atomic E-state index is -0.374. The topological polar surface area (TPSA) is 110 Å². The molecule has 0 aliphatic heterocycles. The summed E-state index contributed by atoms with van der Waals surface area (Å²) in [5, 5.41) is 10.5. The maximum Gasteiger partial charge on any atom is 0.261 e. The third-order valence-electron chi connectivity index (χ3n) is 6.65. The standard InChI is InChI=1S/C27H31ClN4O3/c1-17-25(26(32-35-17)21-10-3-4-11-22(21)28)27(34)31-23-12-5-2-9-20(23)14-24(33)30-16-19-8-6-7-18(13-19)15-29/h2-5,9-12,18-19H,6-8,13-16,29H2,1H3,(H,30,33)(H,31,34). The van der Waals surface area contributed by atoms with Crippen molar-refractivity contribution >= 4 is 29.1 Å². The number of nitrogens with zero attached hydrogens (tertiary/aromatic N) is 1. The first-order chi connectivity index (χ1) is 17.0. The van der Waals surface area contributed by atoms with Gasteiger partial charge in [-0.25, -0.2) is 0 Å². The van der Waals surface area contributed by atoms with Crippen LogP contribution in [0.3, 0.4) is 0 Å². The molecule has 1 aliphatic rings. The van der Waals surface area contributed by atoms with Crippen molar-refractivity contribution in [2.75, 3.05) is 18.4 Å². The highest BCUT2D eigenvalue weighted by atomic mass is 35.5.